The molecule has 1 aliphatic heterocycles. The molecule has 2 amide bonds. The summed E-state index contributed by atoms with van der Waals surface area (Å²) in [6.45, 7) is -0.687. The van der Waals surface area contributed by atoms with Crippen molar-refractivity contribution in [3.05, 3.63) is 47.7 Å². The molecule has 6 nitrogen and oxygen atoms in total. The number of hydrogen-bond acceptors (Lipinski definition) is 4. The number of nitrogens with zero attached hydrogens (tertiary/aromatic N) is 1. The highest BCUT2D eigenvalue weighted by Gasteiger charge is 2.60. The van der Waals surface area contributed by atoms with E-state index in [1.807, 2.05) is 0 Å². The number of rotatable bonds is 5. The van der Waals surface area contributed by atoms with Gasteiger partial charge in [-0.25, -0.2) is 0 Å². The van der Waals surface area contributed by atoms with Gasteiger partial charge in [0.2, 0.25) is 5.72 Å². The summed E-state index contributed by atoms with van der Waals surface area (Å²) in [7, 11) is 1.26. The third-order valence-electron chi connectivity index (χ3n) is 3.77. The molecule has 2 N–H and O–H groups in total. The predicted octanol–water partition coefficient (Wildman–Crippen LogP) is 1.43. The topological polar surface area (TPSA) is 78.9 Å². The van der Waals surface area contributed by atoms with Gasteiger partial charge in [-0.05, 0) is 18.2 Å². The Morgan fingerprint density at radius 3 is 2.56 bits per heavy atom. The van der Waals surface area contributed by atoms with E-state index in [-0.39, 0.29) is 22.8 Å². The van der Waals surface area contributed by atoms with Gasteiger partial charge in [0, 0.05) is 25.6 Å². The van der Waals surface area contributed by atoms with Gasteiger partial charge in [-0.3, -0.25) is 14.5 Å². The van der Waals surface area contributed by atoms with Crippen LogP contribution in [0.25, 0.3) is 0 Å². The SMILES string of the molecule is COCCN1C(=O)C(NC(=O)c2ccccc2)=CCC1(O)C(F)(F)F. The standard InChI is InChI=1S/C16H17F3N2O4/c1-25-10-9-21-14(23)12(7-8-15(21,24)16(17,18)19)20-13(22)11-5-3-2-4-6-11/h2-7,24H,8-10H2,1H3,(H,20,22). The fraction of sp³-hybridized carbons (Fsp3) is 0.375. The van der Waals surface area contributed by atoms with Gasteiger partial charge >= 0.3 is 6.18 Å². The molecule has 25 heavy (non-hydrogen) atoms. The smallest absolute Gasteiger partial charge is 0.383 e. The van der Waals surface area contributed by atoms with Gasteiger partial charge in [-0.2, -0.15) is 13.2 Å². The number of nitrogens with one attached hydrogen (secondary N) is 1. The zero-order valence-electron chi connectivity index (χ0n) is 13.3. The average Bonchev–Trinajstić information content (AvgIpc) is 2.57. The van der Waals surface area contributed by atoms with Gasteiger partial charge < -0.3 is 15.2 Å². The van der Waals surface area contributed by atoms with Crippen molar-refractivity contribution in [1.82, 2.24) is 10.2 Å². The number of benzene rings is 1. The van der Waals surface area contributed by atoms with Gasteiger partial charge in [0.1, 0.15) is 5.70 Å². The van der Waals surface area contributed by atoms with Crippen LogP contribution in [0.15, 0.2) is 42.1 Å². The highest BCUT2D eigenvalue weighted by Crippen LogP contribution is 2.39. The zero-order valence-corrected chi connectivity index (χ0v) is 13.3. The van der Waals surface area contributed by atoms with Crippen LogP contribution in [0.5, 0.6) is 0 Å². The first-order valence-electron chi connectivity index (χ1n) is 7.37. The fourth-order valence-corrected chi connectivity index (χ4v) is 2.38. The van der Waals surface area contributed by atoms with E-state index in [1.165, 1.54) is 19.2 Å². The molecule has 0 aliphatic carbocycles. The Morgan fingerprint density at radius 2 is 2.00 bits per heavy atom. The second-order valence-corrected chi connectivity index (χ2v) is 5.41. The normalized spacial score (nSPS) is 21.1. The Morgan fingerprint density at radius 1 is 1.36 bits per heavy atom. The number of amides is 2. The Hall–Kier alpha value is -2.39. The summed E-state index contributed by atoms with van der Waals surface area (Å²) in [5.74, 6) is -1.77. The fourth-order valence-electron chi connectivity index (χ4n) is 2.38. The molecule has 0 saturated heterocycles. The van der Waals surface area contributed by atoms with E-state index in [1.54, 1.807) is 18.2 Å². The maximum atomic E-state index is 13.2. The van der Waals surface area contributed by atoms with Crippen LogP contribution >= 0.6 is 0 Å². The monoisotopic (exact) mass is 358 g/mol. The van der Waals surface area contributed by atoms with E-state index in [9.17, 15) is 27.9 Å². The number of ether oxygens (including phenoxy) is 1. The lowest BCUT2D eigenvalue weighted by Gasteiger charge is -2.42. The van der Waals surface area contributed by atoms with Crippen molar-refractivity contribution in [2.75, 3.05) is 20.3 Å². The molecule has 0 aromatic heterocycles. The minimum atomic E-state index is -5.05. The van der Waals surface area contributed by atoms with E-state index >= 15 is 0 Å². The summed E-state index contributed by atoms with van der Waals surface area (Å²) < 4.78 is 44.4. The summed E-state index contributed by atoms with van der Waals surface area (Å²) in [5.41, 5.74) is -3.42. The van der Waals surface area contributed by atoms with Crippen LogP contribution in [0.3, 0.4) is 0 Å². The number of carbonyl (C=O) groups excluding carboxylic acids is 2. The highest BCUT2D eigenvalue weighted by atomic mass is 19.4. The van der Waals surface area contributed by atoms with Crippen molar-refractivity contribution >= 4 is 11.8 Å². The summed E-state index contributed by atoms with van der Waals surface area (Å²) in [4.78, 5) is 24.8. The maximum Gasteiger partial charge on any atom is 0.437 e. The van der Waals surface area contributed by atoms with Crippen molar-refractivity contribution in [2.45, 2.75) is 18.3 Å². The van der Waals surface area contributed by atoms with Gasteiger partial charge in [-0.1, -0.05) is 18.2 Å². The summed E-state index contributed by atoms with van der Waals surface area (Å²) in [5, 5.41) is 12.3. The zero-order chi connectivity index (χ0) is 18.7. The molecule has 1 atom stereocenters. The molecular weight excluding hydrogens is 341 g/mol. The molecule has 1 aromatic rings. The maximum absolute atomic E-state index is 13.2. The van der Waals surface area contributed by atoms with Crippen LogP contribution in [0.1, 0.15) is 16.8 Å². The Bertz CT molecular complexity index is 676. The summed E-state index contributed by atoms with van der Waals surface area (Å²) in [6.07, 6.45) is -5.07. The lowest BCUT2D eigenvalue weighted by atomic mass is 10.00. The predicted molar refractivity (Wildman–Crippen MR) is 81.2 cm³/mol. The highest BCUT2D eigenvalue weighted by molar-refractivity contribution is 6.03. The van der Waals surface area contributed by atoms with E-state index in [2.05, 4.69) is 5.32 Å². The molecule has 1 aliphatic rings. The molecule has 1 heterocycles. The number of methoxy groups -OCH3 is 1. The number of alkyl halides is 3. The lowest BCUT2D eigenvalue weighted by molar-refractivity contribution is -0.310. The second-order valence-electron chi connectivity index (χ2n) is 5.41. The van der Waals surface area contributed by atoms with Crippen LogP contribution < -0.4 is 5.32 Å². The largest absolute Gasteiger partial charge is 0.437 e. The molecule has 1 unspecified atom stereocenters. The van der Waals surface area contributed by atoms with E-state index in [4.69, 9.17) is 4.74 Å². The molecule has 0 fully saturated rings. The van der Waals surface area contributed by atoms with E-state index in [0.29, 0.717) is 0 Å². The first-order chi connectivity index (χ1) is 11.7. The molecule has 136 valence electrons. The molecular formula is C16H17F3N2O4. The quantitative estimate of drug-likeness (QED) is 0.835. The van der Waals surface area contributed by atoms with Crippen LogP contribution in [0.2, 0.25) is 0 Å². The molecule has 9 heteroatoms. The Kier molecular flexibility index (Phi) is 5.48. The molecule has 0 radical (unpaired) electrons. The third-order valence-corrected chi connectivity index (χ3v) is 3.77. The molecule has 0 bridgehead atoms. The first kappa shape index (κ1) is 18.9. The van der Waals surface area contributed by atoms with Crippen LogP contribution in [0, 0.1) is 0 Å². The summed E-state index contributed by atoms with van der Waals surface area (Å²) >= 11 is 0. The summed E-state index contributed by atoms with van der Waals surface area (Å²) in [6, 6.07) is 7.91. The lowest BCUT2D eigenvalue weighted by Crippen LogP contribution is -2.64. The number of hydrogen-bond donors (Lipinski definition) is 2. The van der Waals surface area contributed by atoms with Crippen molar-refractivity contribution < 1.29 is 32.6 Å². The van der Waals surface area contributed by atoms with Crippen molar-refractivity contribution in [2.24, 2.45) is 0 Å². The Labute approximate surface area is 141 Å². The van der Waals surface area contributed by atoms with Gasteiger partial charge in [0.05, 0.1) is 6.61 Å². The van der Waals surface area contributed by atoms with Crippen molar-refractivity contribution in [1.29, 1.82) is 0 Å². The molecule has 2 rings (SSSR count). The number of aliphatic hydroxyl groups is 1. The van der Waals surface area contributed by atoms with Crippen LogP contribution in [0.4, 0.5) is 13.2 Å². The van der Waals surface area contributed by atoms with Gasteiger partial charge in [0.15, 0.2) is 0 Å². The molecule has 1 aromatic carbocycles. The molecule has 0 spiro atoms. The average molecular weight is 358 g/mol. The first-order valence-corrected chi connectivity index (χ1v) is 7.37. The number of halogens is 3. The van der Waals surface area contributed by atoms with Crippen LogP contribution in [-0.4, -0.2) is 54.0 Å². The number of carbonyl (C=O) groups is 2. The van der Waals surface area contributed by atoms with Crippen molar-refractivity contribution in [3.8, 4) is 0 Å². The minimum absolute atomic E-state index is 0.204. The van der Waals surface area contributed by atoms with Crippen molar-refractivity contribution in [3.63, 3.8) is 0 Å². The Balaban J connectivity index is 2.26. The van der Waals surface area contributed by atoms with Gasteiger partial charge in [0.25, 0.3) is 11.8 Å². The minimum Gasteiger partial charge on any atom is -0.383 e. The third kappa shape index (κ3) is 3.83. The van der Waals surface area contributed by atoms with E-state index in [0.717, 1.165) is 6.08 Å². The second kappa shape index (κ2) is 7.24. The van der Waals surface area contributed by atoms with E-state index < -0.39 is 36.7 Å². The van der Waals surface area contributed by atoms with Crippen LogP contribution in [-0.2, 0) is 9.53 Å². The van der Waals surface area contributed by atoms with Gasteiger partial charge in [-0.15, -0.1) is 0 Å². The molecule has 0 saturated carbocycles.